The number of nitrogens with zero attached hydrogens (tertiary/aromatic N) is 2. The van der Waals surface area contributed by atoms with E-state index >= 15 is 0 Å². The van der Waals surface area contributed by atoms with Crippen LogP contribution in [0, 0.1) is 0 Å². The number of likely N-dealkylation sites (tertiary alicyclic amines) is 1. The van der Waals surface area contributed by atoms with Crippen molar-refractivity contribution in [3.05, 3.63) is 52.2 Å². The van der Waals surface area contributed by atoms with Crippen molar-refractivity contribution in [2.24, 2.45) is 4.99 Å². The minimum absolute atomic E-state index is 0.313. The predicted octanol–water partition coefficient (Wildman–Crippen LogP) is 3.65. The maximum absolute atomic E-state index is 5.44. The summed E-state index contributed by atoms with van der Waals surface area (Å²) in [7, 11) is 1.72. The van der Waals surface area contributed by atoms with Gasteiger partial charge < -0.3 is 15.4 Å². The molecule has 0 saturated carbocycles. The van der Waals surface area contributed by atoms with E-state index in [9.17, 15) is 0 Å². The summed E-state index contributed by atoms with van der Waals surface area (Å²) in [5, 5.41) is 9.02. The van der Waals surface area contributed by atoms with Gasteiger partial charge in [-0.2, -0.15) is 0 Å². The van der Waals surface area contributed by atoms with E-state index in [1.165, 1.54) is 23.3 Å². The molecule has 0 aliphatic carbocycles. The molecule has 1 aliphatic rings. The van der Waals surface area contributed by atoms with Crippen molar-refractivity contribution >= 4 is 17.3 Å². The smallest absolute Gasteiger partial charge is 0.191 e. The van der Waals surface area contributed by atoms with Gasteiger partial charge >= 0.3 is 0 Å². The highest BCUT2D eigenvalue weighted by molar-refractivity contribution is 7.09. The van der Waals surface area contributed by atoms with Crippen LogP contribution in [0.1, 0.15) is 36.2 Å². The molecule has 6 heteroatoms. The van der Waals surface area contributed by atoms with Crippen molar-refractivity contribution in [3.63, 3.8) is 0 Å². The number of guanidine groups is 1. The van der Waals surface area contributed by atoms with Crippen LogP contribution >= 0.6 is 11.3 Å². The Morgan fingerprint density at radius 2 is 2.07 bits per heavy atom. The van der Waals surface area contributed by atoms with Gasteiger partial charge in [0.05, 0.1) is 19.7 Å². The molecular formula is C21H30N4OS. The summed E-state index contributed by atoms with van der Waals surface area (Å²) >= 11 is 1.74. The summed E-state index contributed by atoms with van der Waals surface area (Å²) in [6, 6.07) is 12.9. The van der Waals surface area contributed by atoms with E-state index in [-0.39, 0.29) is 0 Å². The van der Waals surface area contributed by atoms with Crippen LogP contribution in [0.5, 0.6) is 5.75 Å². The lowest BCUT2D eigenvalue weighted by atomic mass is 10.1. The number of rotatable bonds is 8. The van der Waals surface area contributed by atoms with Crippen molar-refractivity contribution < 1.29 is 4.74 Å². The van der Waals surface area contributed by atoms with Gasteiger partial charge in [-0.1, -0.05) is 18.2 Å². The van der Waals surface area contributed by atoms with Crippen LogP contribution in [-0.2, 0) is 6.54 Å². The molecule has 1 saturated heterocycles. The molecule has 1 aromatic carbocycles. The second-order valence-corrected chi connectivity index (χ2v) is 7.72. The number of hydrogen-bond acceptors (Lipinski definition) is 4. The number of thiophene rings is 1. The predicted molar refractivity (Wildman–Crippen MR) is 114 cm³/mol. The molecule has 0 bridgehead atoms. The van der Waals surface area contributed by atoms with E-state index < -0.39 is 0 Å². The number of hydrogen-bond donors (Lipinski definition) is 2. The van der Waals surface area contributed by atoms with Crippen molar-refractivity contribution in [1.82, 2.24) is 15.5 Å². The lowest BCUT2D eigenvalue weighted by Gasteiger charge is -2.29. The fourth-order valence-electron chi connectivity index (χ4n) is 3.45. The van der Waals surface area contributed by atoms with Crippen LogP contribution in [0.15, 0.2) is 46.8 Å². The quantitative estimate of drug-likeness (QED) is 0.537. The summed E-state index contributed by atoms with van der Waals surface area (Å²) in [6.07, 6.45) is 2.54. The molecule has 146 valence electrons. The standard InChI is InChI=1S/C21H30N4OS/c1-3-22-21(23-15-19-10-7-13-27-19)24-16-20(25-11-4-5-12-25)17-8-6-9-18(14-17)26-2/h6-10,13-14,20H,3-5,11-12,15-16H2,1-2H3,(H2,22,23,24). The highest BCUT2D eigenvalue weighted by Crippen LogP contribution is 2.27. The van der Waals surface area contributed by atoms with E-state index in [2.05, 4.69) is 58.2 Å². The highest BCUT2D eigenvalue weighted by atomic mass is 32.1. The third kappa shape index (κ3) is 5.71. The molecule has 1 unspecified atom stereocenters. The summed E-state index contributed by atoms with van der Waals surface area (Å²) in [5.74, 6) is 1.79. The van der Waals surface area contributed by atoms with E-state index in [1.807, 2.05) is 6.07 Å². The Morgan fingerprint density at radius 3 is 2.78 bits per heavy atom. The molecule has 1 fully saturated rings. The van der Waals surface area contributed by atoms with Crippen molar-refractivity contribution in [1.29, 1.82) is 0 Å². The number of benzene rings is 1. The monoisotopic (exact) mass is 386 g/mol. The van der Waals surface area contributed by atoms with Gasteiger partial charge in [-0.15, -0.1) is 11.3 Å². The Bertz CT molecular complexity index is 711. The Kier molecular flexibility index (Phi) is 7.54. The largest absolute Gasteiger partial charge is 0.497 e. The number of aliphatic imine (C=N–C) groups is 1. The van der Waals surface area contributed by atoms with Crippen LogP contribution in [0.3, 0.4) is 0 Å². The molecule has 0 spiro atoms. The van der Waals surface area contributed by atoms with Gasteiger partial charge in [0.2, 0.25) is 0 Å². The molecular weight excluding hydrogens is 356 g/mol. The summed E-state index contributed by atoms with van der Waals surface area (Å²) in [4.78, 5) is 8.58. The first-order valence-corrected chi connectivity index (χ1v) is 10.6. The van der Waals surface area contributed by atoms with Crippen molar-refractivity contribution in [3.8, 4) is 5.75 Å². The fraction of sp³-hybridized carbons (Fsp3) is 0.476. The second kappa shape index (κ2) is 10.3. The first-order chi connectivity index (χ1) is 13.3. The topological polar surface area (TPSA) is 48.9 Å². The average Bonchev–Trinajstić information content (AvgIpc) is 3.40. The Labute approximate surface area is 166 Å². The van der Waals surface area contributed by atoms with Crippen molar-refractivity contribution in [2.75, 3.05) is 33.3 Å². The molecule has 5 nitrogen and oxygen atoms in total. The van der Waals surface area contributed by atoms with Gasteiger partial charge in [0.15, 0.2) is 5.96 Å². The van der Waals surface area contributed by atoms with E-state index in [0.29, 0.717) is 12.6 Å². The van der Waals surface area contributed by atoms with Gasteiger partial charge in [0.1, 0.15) is 5.75 Å². The minimum Gasteiger partial charge on any atom is -0.497 e. The zero-order valence-corrected chi connectivity index (χ0v) is 17.1. The minimum atomic E-state index is 0.313. The fourth-order valence-corrected chi connectivity index (χ4v) is 4.08. The van der Waals surface area contributed by atoms with E-state index in [4.69, 9.17) is 9.73 Å². The second-order valence-electron chi connectivity index (χ2n) is 6.69. The molecule has 2 aromatic rings. The zero-order valence-electron chi connectivity index (χ0n) is 16.3. The van der Waals surface area contributed by atoms with Gasteiger partial charge in [-0.05, 0) is 62.0 Å². The molecule has 1 aromatic heterocycles. The molecule has 0 amide bonds. The van der Waals surface area contributed by atoms with Crippen LogP contribution in [0.4, 0.5) is 0 Å². The number of nitrogens with one attached hydrogen (secondary N) is 2. The normalized spacial score (nSPS) is 16.3. The molecule has 0 radical (unpaired) electrons. The van der Waals surface area contributed by atoms with Crippen LogP contribution in [-0.4, -0.2) is 44.1 Å². The summed E-state index contributed by atoms with van der Waals surface area (Å²) in [5.41, 5.74) is 1.29. The summed E-state index contributed by atoms with van der Waals surface area (Å²) < 4.78 is 5.44. The van der Waals surface area contributed by atoms with Crippen LogP contribution < -0.4 is 15.4 Å². The van der Waals surface area contributed by atoms with Gasteiger partial charge in [-0.3, -0.25) is 4.90 Å². The average molecular weight is 387 g/mol. The maximum Gasteiger partial charge on any atom is 0.191 e. The number of methoxy groups -OCH3 is 1. The van der Waals surface area contributed by atoms with Crippen LogP contribution in [0.2, 0.25) is 0 Å². The van der Waals surface area contributed by atoms with Gasteiger partial charge in [0.25, 0.3) is 0 Å². The Balaban J connectivity index is 1.70. The van der Waals surface area contributed by atoms with Gasteiger partial charge in [-0.25, -0.2) is 4.99 Å². The Hall–Kier alpha value is -2.05. The molecule has 2 N–H and O–H groups in total. The third-order valence-electron chi connectivity index (χ3n) is 4.84. The van der Waals surface area contributed by atoms with E-state index in [0.717, 1.165) is 37.9 Å². The lowest BCUT2D eigenvalue weighted by Crippen LogP contribution is -2.42. The van der Waals surface area contributed by atoms with Crippen LogP contribution in [0.25, 0.3) is 0 Å². The molecule has 27 heavy (non-hydrogen) atoms. The van der Waals surface area contributed by atoms with Gasteiger partial charge in [0, 0.05) is 18.0 Å². The zero-order chi connectivity index (χ0) is 18.9. The molecule has 3 rings (SSSR count). The molecule has 1 atom stereocenters. The molecule has 1 aliphatic heterocycles. The Morgan fingerprint density at radius 1 is 1.22 bits per heavy atom. The first-order valence-electron chi connectivity index (χ1n) is 9.72. The van der Waals surface area contributed by atoms with E-state index in [1.54, 1.807) is 18.4 Å². The SMILES string of the molecule is CCNC(=NCc1cccs1)NCC(c1cccc(OC)c1)N1CCCC1. The summed E-state index contributed by atoms with van der Waals surface area (Å²) in [6.45, 7) is 6.77. The molecule has 2 heterocycles. The number of ether oxygens (including phenoxy) is 1. The lowest BCUT2D eigenvalue weighted by molar-refractivity contribution is 0.245. The maximum atomic E-state index is 5.44. The third-order valence-corrected chi connectivity index (χ3v) is 5.70. The highest BCUT2D eigenvalue weighted by Gasteiger charge is 2.24. The van der Waals surface area contributed by atoms with Crippen molar-refractivity contribution in [2.45, 2.75) is 32.4 Å². The first kappa shape index (κ1) is 19.7.